The van der Waals surface area contributed by atoms with E-state index in [4.69, 9.17) is 4.74 Å². The topological polar surface area (TPSA) is 54.5 Å². The highest BCUT2D eigenvalue weighted by molar-refractivity contribution is 7.22. The maximum Gasteiger partial charge on any atom is 0.226 e. The Morgan fingerprint density at radius 3 is 2.85 bits per heavy atom. The monoisotopic (exact) mass is 367 g/mol. The fourth-order valence-corrected chi connectivity index (χ4v) is 4.09. The van der Waals surface area contributed by atoms with Gasteiger partial charge in [-0.15, -0.1) is 0 Å². The Kier molecular flexibility index (Phi) is 4.75. The number of hydrogen-bond acceptors (Lipinski definition) is 5. The van der Waals surface area contributed by atoms with Crippen molar-refractivity contribution in [3.05, 3.63) is 54.1 Å². The number of ether oxygens (including phenoxy) is 1. The molecule has 6 heteroatoms. The van der Waals surface area contributed by atoms with Gasteiger partial charge in [0.2, 0.25) is 5.91 Å². The van der Waals surface area contributed by atoms with Crippen molar-refractivity contribution >= 4 is 32.6 Å². The number of carbonyl (C=O) groups excluding carboxylic acids is 1. The van der Waals surface area contributed by atoms with Gasteiger partial charge in [-0.05, 0) is 30.2 Å². The van der Waals surface area contributed by atoms with E-state index in [9.17, 15) is 4.79 Å². The second kappa shape index (κ2) is 7.33. The van der Waals surface area contributed by atoms with E-state index in [2.05, 4.69) is 27.3 Å². The summed E-state index contributed by atoms with van der Waals surface area (Å²) in [5, 5.41) is 4.02. The van der Waals surface area contributed by atoms with Gasteiger partial charge in [-0.1, -0.05) is 41.7 Å². The van der Waals surface area contributed by atoms with Crippen LogP contribution >= 0.6 is 11.3 Å². The number of benzene rings is 2. The number of carbonyl (C=O) groups is 1. The summed E-state index contributed by atoms with van der Waals surface area (Å²) >= 11 is 1.64. The normalized spacial score (nSPS) is 14.3. The third-order valence-electron chi connectivity index (χ3n) is 4.66. The van der Waals surface area contributed by atoms with Gasteiger partial charge in [-0.2, -0.15) is 0 Å². The van der Waals surface area contributed by atoms with Gasteiger partial charge in [-0.25, -0.2) is 4.98 Å². The van der Waals surface area contributed by atoms with E-state index in [1.54, 1.807) is 18.4 Å². The lowest BCUT2D eigenvalue weighted by Crippen LogP contribution is -2.54. The van der Waals surface area contributed by atoms with Crippen LogP contribution in [0.2, 0.25) is 0 Å². The zero-order valence-electron chi connectivity index (χ0n) is 14.6. The van der Waals surface area contributed by atoms with Crippen molar-refractivity contribution in [2.24, 2.45) is 5.92 Å². The molecule has 0 saturated carbocycles. The first kappa shape index (κ1) is 16.8. The summed E-state index contributed by atoms with van der Waals surface area (Å²) in [6, 6.07) is 16.1. The lowest BCUT2D eigenvalue weighted by molar-refractivity contribution is -0.125. The fourth-order valence-electron chi connectivity index (χ4n) is 3.07. The number of hydrogen-bond donors (Lipinski definition) is 1. The van der Waals surface area contributed by atoms with E-state index in [-0.39, 0.29) is 11.8 Å². The summed E-state index contributed by atoms with van der Waals surface area (Å²) in [4.78, 5) is 19.1. The van der Waals surface area contributed by atoms with E-state index in [1.165, 1.54) is 5.56 Å². The SMILES string of the molecule is COc1ccc2nc(N3CC(C(=O)NCCc4ccccc4)C3)sc2c1. The Balaban J connectivity index is 1.28. The molecule has 4 rings (SSSR count). The van der Waals surface area contributed by atoms with Crippen LogP contribution in [0.25, 0.3) is 10.2 Å². The fraction of sp³-hybridized carbons (Fsp3) is 0.300. The van der Waals surface area contributed by atoms with Crippen LogP contribution in [0, 0.1) is 5.92 Å². The minimum atomic E-state index is 0.0484. The minimum absolute atomic E-state index is 0.0484. The average molecular weight is 367 g/mol. The van der Waals surface area contributed by atoms with Gasteiger partial charge in [0.25, 0.3) is 0 Å². The largest absolute Gasteiger partial charge is 0.497 e. The van der Waals surface area contributed by atoms with Gasteiger partial charge < -0.3 is 15.0 Å². The van der Waals surface area contributed by atoms with Crippen molar-refractivity contribution in [1.82, 2.24) is 10.3 Å². The first-order chi connectivity index (χ1) is 12.7. The smallest absolute Gasteiger partial charge is 0.226 e. The Morgan fingerprint density at radius 1 is 1.27 bits per heavy atom. The van der Waals surface area contributed by atoms with Gasteiger partial charge in [0.05, 0.1) is 23.2 Å². The van der Waals surface area contributed by atoms with Crippen LogP contribution in [-0.4, -0.2) is 37.6 Å². The highest BCUT2D eigenvalue weighted by Crippen LogP contribution is 2.34. The van der Waals surface area contributed by atoms with Gasteiger partial charge in [0.1, 0.15) is 5.75 Å². The van der Waals surface area contributed by atoms with Crippen LogP contribution < -0.4 is 15.0 Å². The molecule has 0 radical (unpaired) electrons. The summed E-state index contributed by atoms with van der Waals surface area (Å²) in [5.74, 6) is 1.03. The van der Waals surface area contributed by atoms with Crippen molar-refractivity contribution in [1.29, 1.82) is 0 Å². The van der Waals surface area contributed by atoms with Crippen LogP contribution in [0.15, 0.2) is 48.5 Å². The molecule has 0 bridgehead atoms. The summed E-state index contributed by atoms with van der Waals surface area (Å²) in [6.45, 7) is 2.14. The molecular formula is C20H21N3O2S. The molecule has 1 N–H and O–H groups in total. The van der Waals surface area contributed by atoms with E-state index < -0.39 is 0 Å². The van der Waals surface area contributed by atoms with Crippen molar-refractivity contribution in [2.45, 2.75) is 6.42 Å². The number of fused-ring (bicyclic) bond motifs is 1. The molecule has 5 nitrogen and oxygen atoms in total. The number of thiazole rings is 1. The van der Waals surface area contributed by atoms with Gasteiger partial charge in [-0.3, -0.25) is 4.79 Å². The maximum atomic E-state index is 12.3. The first-order valence-electron chi connectivity index (χ1n) is 8.74. The van der Waals surface area contributed by atoms with Crippen molar-refractivity contribution < 1.29 is 9.53 Å². The first-order valence-corrected chi connectivity index (χ1v) is 9.56. The molecule has 2 heterocycles. The Bertz CT molecular complexity index is 904. The number of methoxy groups -OCH3 is 1. The molecule has 1 aromatic heterocycles. The minimum Gasteiger partial charge on any atom is -0.497 e. The van der Waals surface area contributed by atoms with E-state index in [0.29, 0.717) is 6.54 Å². The van der Waals surface area contributed by atoms with Crippen molar-refractivity contribution in [3.8, 4) is 5.75 Å². The zero-order chi connectivity index (χ0) is 17.9. The molecule has 3 aromatic rings. The quantitative estimate of drug-likeness (QED) is 0.727. The summed E-state index contributed by atoms with van der Waals surface area (Å²) in [7, 11) is 1.67. The molecule has 0 spiro atoms. The van der Waals surface area contributed by atoms with E-state index in [1.807, 2.05) is 36.4 Å². The third-order valence-corrected chi connectivity index (χ3v) is 5.74. The van der Waals surface area contributed by atoms with Gasteiger partial charge in [0.15, 0.2) is 5.13 Å². The van der Waals surface area contributed by atoms with Crippen LogP contribution in [0.5, 0.6) is 5.75 Å². The number of aromatic nitrogens is 1. The van der Waals surface area contributed by atoms with Crippen molar-refractivity contribution in [3.63, 3.8) is 0 Å². The molecule has 1 fully saturated rings. The Labute approximate surface area is 156 Å². The lowest BCUT2D eigenvalue weighted by Gasteiger charge is -2.37. The second-order valence-electron chi connectivity index (χ2n) is 6.46. The predicted octanol–water partition coefficient (Wildman–Crippen LogP) is 3.10. The number of nitrogens with one attached hydrogen (secondary N) is 1. The highest BCUT2D eigenvalue weighted by Gasteiger charge is 2.34. The highest BCUT2D eigenvalue weighted by atomic mass is 32.1. The summed E-state index contributed by atoms with van der Waals surface area (Å²) in [5.41, 5.74) is 2.22. The zero-order valence-corrected chi connectivity index (χ0v) is 15.5. The molecule has 1 amide bonds. The number of nitrogens with zero attached hydrogens (tertiary/aromatic N) is 2. The van der Waals surface area contributed by atoms with E-state index in [0.717, 1.165) is 40.6 Å². The molecule has 0 aliphatic carbocycles. The third kappa shape index (κ3) is 3.51. The van der Waals surface area contributed by atoms with Crippen LogP contribution in [0.4, 0.5) is 5.13 Å². The molecule has 0 unspecified atom stereocenters. The summed E-state index contributed by atoms with van der Waals surface area (Å²) < 4.78 is 6.37. The molecule has 2 aromatic carbocycles. The molecule has 26 heavy (non-hydrogen) atoms. The lowest BCUT2D eigenvalue weighted by atomic mass is 10.00. The molecule has 0 atom stereocenters. The van der Waals surface area contributed by atoms with Crippen LogP contribution in [-0.2, 0) is 11.2 Å². The molecule has 1 saturated heterocycles. The average Bonchev–Trinajstić information content (AvgIpc) is 3.03. The number of rotatable bonds is 6. The predicted molar refractivity (Wildman–Crippen MR) is 105 cm³/mol. The standard InChI is InChI=1S/C20H21N3O2S/c1-25-16-7-8-17-18(11-16)26-20(22-17)23-12-15(13-23)19(24)21-10-9-14-5-3-2-4-6-14/h2-8,11,15H,9-10,12-13H2,1H3,(H,21,24). The van der Waals surface area contributed by atoms with Gasteiger partial charge >= 0.3 is 0 Å². The molecular weight excluding hydrogens is 346 g/mol. The van der Waals surface area contributed by atoms with Crippen molar-refractivity contribution in [2.75, 3.05) is 31.6 Å². The van der Waals surface area contributed by atoms with Gasteiger partial charge in [0, 0.05) is 19.6 Å². The van der Waals surface area contributed by atoms with Crippen LogP contribution in [0.1, 0.15) is 5.56 Å². The van der Waals surface area contributed by atoms with Crippen LogP contribution in [0.3, 0.4) is 0 Å². The van der Waals surface area contributed by atoms with E-state index >= 15 is 0 Å². The second-order valence-corrected chi connectivity index (χ2v) is 7.47. The number of amides is 1. The summed E-state index contributed by atoms with van der Waals surface area (Å²) in [6.07, 6.45) is 0.864. The number of anilines is 1. The molecule has 1 aliphatic rings. The molecule has 1 aliphatic heterocycles. The Morgan fingerprint density at radius 2 is 2.08 bits per heavy atom. The Hall–Kier alpha value is -2.60. The molecule has 134 valence electrons. The maximum absolute atomic E-state index is 12.3.